The summed E-state index contributed by atoms with van der Waals surface area (Å²) in [5.41, 5.74) is 3.45. The third kappa shape index (κ3) is 4.15. The van der Waals surface area contributed by atoms with Crippen molar-refractivity contribution in [1.29, 1.82) is 0 Å². The van der Waals surface area contributed by atoms with Crippen LogP contribution in [-0.4, -0.2) is 14.9 Å². The third-order valence-corrected chi connectivity index (χ3v) is 4.59. The Bertz CT molecular complexity index is 1080. The van der Waals surface area contributed by atoms with Gasteiger partial charge in [-0.3, -0.25) is 4.68 Å². The van der Waals surface area contributed by atoms with Gasteiger partial charge in [-0.2, -0.15) is 5.10 Å². The molecular formula is C22H20N4S. The van der Waals surface area contributed by atoms with Crippen molar-refractivity contribution in [2.75, 3.05) is 10.6 Å². The number of aromatic nitrogens is 2. The van der Waals surface area contributed by atoms with Crippen LogP contribution in [0.3, 0.4) is 0 Å². The highest BCUT2D eigenvalue weighted by atomic mass is 32.1. The zero-order valence-corrected chi connectivity index (χ0v) is 15.8. The van der Waals surface area contributed by atoms with Crippen molar-refractivity contribution in [3.05, 3.63) is 90.1 Å². The van der Waals surface area contributed by atoms with Gasteiger partial charge in [-0.1, -0.05) is 66.2 Å². The largest absolute Gasteiger partial charge is 0.332 e. The molecule has 0 aliphatic heterocycles. The Balaban J connectivity index is 1.42. The van der Waals surface area contributed by atoms with Gasteiger partial charge >= 0.3 is 0 Å². The van der Waals surface area contributed by atoms with E-state index in [1.807, 2.05) is 41.2 Å². The van der Waals surface area contributed by atoms with Crippen molar-refractivity contribution in [3.8, 4) is 0 Å². The molecule has 4 rings (SSSR count). The third-order valence-electron chi connectivity index (χ3n) is 4.39. The van der Waals surface area contributed by atoms with Crippen LogP contribution in [0.4, 0.5) is 11.5 Å². The van der Waals surface area contributed by atoms with Crippen LogP contribution in [0, 0.1) is 6.92 Å². The molecule has 27 heavy (non-hydrogen) atoms. The minimum Gasteiger partial charge on any atom is -0.332 e. The minimum absolute atomic E-state index is 0.520. The highest BCUT2D eigenvalue weighted by Gasteiger charge is 2.05. The van der Waals surface area contributed by atoms with Gasteiger partial charge in [-0.05, 0) is 36.2 Å². The van der Waals surface area contributed by atoms with Crippen LogP contribution in [0.5, 0.6) is 0 Å². The van der Waals surface area contributed by atoms with Crippen molar-refractivity contribution in [2.45, 2.75) is 13.5 Å². The summed E-state index contributed by atoms with van der Waals surface area (Å²) in [7, 11) is 0. The van der Waals surface area contributed by atoms with Crippen molar-refractivity contribution < 1.29 is 0 Å². The molecule has 0 saturated carbocycles. The summed E-state index contributed by atoms with van der Waals surface area (Å²) in [6, 6.07) is 24.7. The van der Waals surface area contributed by atoms with Crippen molar-refractivity contribution >= 4 is 39.6 Å². The number of aryl methyl sites for hydroxylation is 1. The Hall–Kier alpha value is -3.18. The Labute approximate surface area is 163 Å². The van der Waals surface area contributed by atoms with Gasteiger partial charge in [0.15, 0.2) is 10.9 Å². The average Bonchev–Trinajstić information content (AvgIpc) is 3.10. The second-order valence-electron chi connectivity index (χ2n) is 6.49. The maximum atomic E-state index is 5.46. The summed E-state index contributed by atoms with van der Waals surface area (Å²) in [6.45, 7) is 2.81. The molecule has 2 N–H and O–H groups in total. The first-order valence-corrected chi connectivity index (χ1v) is 9.23. The van der Waals surface area contributed by atoms with E-state index in [0.717, 1.165) is 23.4 Å². The molecule has 0 bridgehead atoms. The van der Waals surface area contributed by atoms with Crippen molar-refractivity contribution in [1.82, 2.24) is 9.78 Å². The molecule has 4 nitrogen and oxygen atoms in total. The van der Waals surface area contributed by atoms with Gasteiger partial charge in [-0.25, -0.2) is 0 Å². The lowest BCUT2D eigenvalue weighted by Gasteiger charge is -2.11. The van der Waals surface area contributed by atoms with E-state index in [1.54, 1.807) is 0 Å². The van der Waals surface area contributed by atoms with Gasteiger partial charge < -0.3 is 10.6 Å². The van der Waals surface area contributed by atoms with Crippen LogP contribution in [-0.2, 0) is 6.54 Å². The van der Waals surface area contributed by atoms with Gasteiger partial charge in [0.05, 0.1) is 6.54 Å². The van der Waals surface area contributed by atoms with Crippen LogP contribution in [0.1, 0.15) is 11.1 Å². The number of benzene rings is 3. The maximum Gasteiger partial charge on any atom is 0.176 e. The average molecular weight is 372 g/mol. The second kappa shape index (κ2) is 7.60. The summed E-state index contributed by atoms with van der Waals surface area (Å²) in [5.74, 6) is 0.722. The van der Waals surface area contributed by atoms with E-state index in [0.29, 0.717) is 5.11 Å². The van der Waals surface area contributed by atoms with Crippen LogP contribution in [0.2, 0.25) is 0 Å². The fourth-order valence-electron chi connectivity index (χ4n) is 3.00. The number of thiocarbonyl (C=S) groups is 1. The molecule has 0 aliphatic carbocycles. The van der Waals surface area contributed by atoms with Crippen molar-refractivity contribution in [2.24, 2.45) is 0 Å². The predicted octanol–water partition coefficient (Wildman–Crippen LogP) is 5.20. The molecule has 0 atom stereocenters. The normalized spacial score (nSPS) is 10.7. The van der Waals surface area contributed by atoms with E-state index >= 15 is 0 Å². The lowest BCUT2D eigenvalue weighted by molar-refractivity contribution is 0.690. The van der Waals surface area contributed by atoms with Gasteiger partial charge in [0.2, 0.25) is 0 Å². The summed E-state index contributed by atoms with van der Waals surface area (Å²) >= 11 is 5.46. The quantitative estimate of drug-likeness (QED) is 0.483. The number of fused-ring (bicyclic) bond motifs is 1. The summed E-state index contributed by atoms with van der Waals surface area (Å²) in [4.78, 5) is 0. The Kier molecular flexibility index (Phi) is 4.85. The lowest BCUT2D eigenvalue weighted by Crippen LogP contribution is -2.19. The molecule has 0 amide bonds. The first kappa shape index (κ1) is 17.2. The van der Waals surface area contributed by atoms with E-state index in [4.69, 9.17) is 12.2 Å². The van der Waals surface area contributed by atoms with Crippen LogP contribution < -0.4 is 10.6 Å². The number of rotatable bonds is 4. The summed E-state index contributed by atoms with van der Waals surface area (Å²) in [6.07, 6.45) is 1.95. The van der Waals surface area contributed by atoms with E-state index < -0.39 is 0 Å². The summed E-state index contributed by atoms with van der Waals surface area (Å²) in [5, 5.41) is 13.8. The number of nitrogens with one attached hydrogen (secondary N) is 2. The highest BCUT2D eigenvalue weighted by Crippen LogP contribution is 2.23. The van der Waals surface area contributed by atoms with Gasteiger partial charge in [0, 0.05) is 23.3 Å². The van der Waals surface area contributed by atoms with E-state index in [2.05, 4.69) is 65.1 Å². The van der Waals surface area contributed by atoms with Crippen LogP contribution in [0.25, 0.3) is 10.8 Å². The Morgan fingerprint density at radius 2 is 1.70 bits per heavy atom. The van der Waals surface area contributed by atoms with Gasteiger partial charge in [-0.15, -0.1) is 0 Å². The fraction of sp³-hybridized carbons (Fsp3) is 0.0909. The maximum absolute atomic E-state index is 5.46. The highest BCUT2D eigenvalue weighted by molar-refractivity contribution is 7.80. The van der Waals surface area contributed by atoms with Gasteiger partial charge in [0.1, 0.15) is 0 Å². The molecule has 1 aromatic heterocycles. The molecule has 0 unspecified atom stereocenters. The first-order chi connectivity index (χ1) is 13.2. The molecule has 3 aromatic carbocycles. The van der Waals surface area contributed by atoms with Crippen molar-refractivity contribution in [3.63, 3.8) is 0 Å². The molecule has 0 saturated heterocycles. The van der Waals surface area contributed by atoms with Gasteiger partial charge in [0.25, 0.3) is 0 Å². The van der Waals surface area contributed by atoms with E-state index in [9.17, 15) is 0 Å². The number of anilines is 2. The number of nitrogens with zero attached hydrogens (tertiary/aromatic N) is 2. The second-order valence-corrected chi connectivity index (χ2v) is 6.90. The molecule has 0 spiro atoms. The number of hydrogen-bond acceptors (Lipinski definition) is 2. The Morgan fingerprint density at radius 3 is 2.56 bits per heavy atom. The molecule has 0 radical (unpaired) electrons. The molecule has 5 heteroatoms. The smallest absolute Gasteiger partial charge is 0.176 e. The first-order valence-electron chi connectivity index (χ1n) is 8.82. The molecular weight excluding hydrogens is 352 g/mol. The minimum atomic E-state index is 0.520. The SMILES string of the molecule is Cc1ccc(Cn2ccc(NC(=S)Nc3cccc4ccccc34)n2)cc1. The topological polar surface area (TPSA) is 41.9 Å². The lowest BCUT2D eigenvalue weighted by atomic mass is 10.1. The fourth-order valence-corrected chi connectivity index (χ4v) is 3.22. The van der Waals surface area contributed by atoms with Crippen LogP contribution in [0.15, 0.2) is 79.0 Å². The van der Waals surface area contributed by atoms with Crippen LogP contribution >= 0.6 is 12.2 Å². The standard InChI is InChI=1S/C22H20N4S/c1-16-9-11-17(12-10-16)15-26-14-13-21(25-26)24-22(27)23-20-8-4-6-18-5-2-3-7-19(18)20/h2-14H,15H2,1H3,(H2,23,24,25,27). The molecule has 0 fully saturated rings. The molecule has 4 aromatic rings. The molecule has 0 aliphatic rings. The molecule has 134 valence electrons. The summed E-state index contributed by atoms with van der Waals surface area (Å²) < 4.78 is 1.90. The zero-order valence-electron chi connectivity index (χ0n) is 15.0. The molecule has 1 heterocycles. The Morgan fingerprint density at radius 1 is 0.926 bits per heavy atom. The zero-order chi connectivity index (χ0) is 18.6. The predicted molar refractivity (Wildman–Crippen MR) is 116 cm³/mol. The monoisotopic (exact) mass is 372 g/mol. The number of hydrogen-bond donors (Lipinski definition) is 2. The van der Waals surface area contributed by atoms with E-state index in [1.165, 1.54) is 16.5 Å². The van der Waals surface area contributed by atoms with E-state index in [-0.39, 0.29) is 0 Å².